The van der Waals surface area contributed by atoms with Crippen LogP contribution in [0.1, 0.15) is 49.5 Å². The van der Waals surface area contributed by atoms with E-state index in [4.69, 9.17) is 0 Å². The van der Waals surface area contributed by atoms with Gasteiger partial charge in [0, 0.05) is 6.04 Å². The number of carbonyl (C=O) groups excluding carboxylic acids is 2. The minimum absolute atomic E-state index is 0.0594. The lowest BCUT2D eigenvalue weighted by molar-refractivity contribution is -0.114. The lowest BCUT2D eigenvalue weighted by atomic mass is 10.0. The van der Waals surface area contributed by atoms with Crippen molar-refractivity contribution in [1.29, 1.82) is 0 Å². The maximum Gasteiger partial charge on any atom is 0.253 e. The minimum Gasteiger partial charge on any atom is -0.350 e. The third kappa shape index (κ3) is 6.32. The zero-order valence-corrected chi connectivity index (χ0v) is 18.8. The molecule has 2 N–H and O–H groups in total. The van der Waals surface area contributed by atoms with Crippen molar-refractivity contribution in [3.63, 3.8) is 0 Å². The number of benzene rings is 2. The van der Waals surface area contributed by atoms with Crippen LogP contribution < -0.4 is 14.9 Å². The molecule has 0 saturated carbocycles. The number of anilines is 2. The third-order valence-electron chi connectivity index (χ3n) is 4.40. The summed E-state index contributed by atoms with van der Waals surface area (Å²) in [5.74, 6) is -0.550. The van der Waals surface area contributed by atoms with E-state index in [0.717, 1.165) is 16.1 Å². The lowest BCUT2D eigenvalue weighted by Gasteiger charge is -2.23. The molecule has 2 amide bonds. The number of sulfonamides is 1. The molecule has 0 bridgehead atoms. The van der Waals surface area contributed by atoms with Crippen molar-refractivity contribution in [3.05, 3.63) is 59.7 Å². The van der Waals surface area contributed by atoms with Gasteiger partial charge in [0.15, 0.2) is 0 Å². The SMILES string of the molecule is CC(C)NC(=O)c1ccccc1NC(=O)CN(c1ccc(C(C)C)cc1)S(C)(=O)=O. The van der Waals surface area contributed by atoms with Crippen molar-refractivity contribution < 1.29 is 18.0 Å². The first-order valence-corrected chi connectivity index (χ1v) is 11.6. The van der Waals surface area contributed by atoms with Crippen LogP contribution in [0.4, 0.5) is 11.4 Å². The highest BCUT2D eigenvalue weighted by molar-refractivity contribution is 7.92. The standard InChI is InChI=1S/C22H29N3O4S/c1-15(2)17-10-12-18(13-11-17)25(30(5,28)29)14-21(26)24-20-9-7-6-8-19(20)22(27)23-16(3)4/h6-13,15-16H,14H2,1-5H3,(H,23,27)(H,24,26). The summed E-state index contributed by atoms with van der Waals surface area (Å²) in [4.78, 5) is 25.0. The van der Waals surface area contributed by atoms with E-state index in [2.05, 4.69) is 10.6 Å². The molecule has 0 spiro atoms. The monoisotopic (exact) mass is 431 g/mol. The Labute approximate surface area is 178 Å². The summed E-state index contributed by atoms with van der Waals surface area (Å²) in [6.07, 6.45) is 1.06. The number of carbonyl (C=O) groups is 2. The van der Waals surface area contributed by atoms with Gasteiger partial charge in [-0.3, -0.25) is 13.9 Å². The fourth-order valence-electron chi connectivity index (χ4n) is 2.88. The Morgan fingerprint density at radius 1 is 0.967 bits per heavy atom. The maximum absolute atomic E-state index is 12.7. The molecule has 0 aromatic heterocycles. The summed E-state index contributed by atoms with van der Waals surface area (Å²) in [5.41, 5.74) is 2.11. The van der Waals surface area contributed by atoms with E-state index in [1.54, 1.807) is 36.4 Å². The van der Waals surface area contributed by atoms with Gasteiger partial charge in [-0.2, -0.15) is 0 Å². The average molecular weight is 432 g/mol. The molecule has 0 aliphatic carbocycles. The van der Waals surface area contributed by atoms with E-state index in [1.807, 2.05) is 39.8 Å². The van der Waals surface area contributed by atoms with E-state index in [0.29, 0.717) is 22.9 Å². The van der Waals surface area contributed by atoms with Gasteiger partial charge in [-0.25, -0.2) is 8.42 Å². The molecule has 0 fully saturated rings. The normalized spacial score (nSPS) is 11.4. The first kappa shape index (κ1) is 23.4. The Morgan fingerprint density at radius 3 is 2.10 bits per heavy atom. The minimum atomic E-state index is -3.69. The van der Waals surface area contributed by atoms with Gasteiger partial charge in [-0.1, -0.05) is 38.1 Å². The largest absolute Gasteiger partial charge is 0.350 e. The van der Waals surface area contributed by atoms with Crippen molar-refractivity contribution >= 4 is 33.2 Å². The van der Waals surface area contributed by atoms with Crippen LogP contribution in [0.2, 0.25) is 0 Å². The predicted molar refractivity (Wildman–Crippen MR) is 120 cm³/mol. The zero-order chi connectivity index (χ0) is 22.5. The summed E-state index contributed by atoms with van der Waals surface area (Å²) in [7, 11) is -3.69. The fourth-order valence-corrected chi connectivity index (χ4v) is 3.73. The lowest BCUT2D eigenvalue weighted by Crippen LogP contribution is -2.38. The van der Waals surface area contributed by atoms with Crippen LogP contribution in [0.5, 0.6) is 0 Å². The maximum atomic E-state index is 12.7. The molecule has 2 aromatic carbocycles. The Bertz CT molecular complexity index is 999. The van der Waals surface area contributed by atoms with Crippen LogP contribution >= 0.6 is 0 Å². The van der Waals surface area contributed by atoms with E-state index in [1.165, 1.54) is 0 Å². The molecule has 30 heavy (non-hydrogen) atoms. The molecule has 0 aliphatic rings. The van der Waals surface area contributed by atoms with Crippen LogP contribution in [0, 0.1) is 0 Å². The van der Waals surface area contributed by atoms with Crippen molar-refractivity contribution in [1.82, 2.24) is 5.32 Å². The molecular formula is C22H29N3O4S. The van der Waals surface area contributed by atoms with E-state index >= 15 is 0 Å². The number of nitrogens with one attached hydrogen (secondary N) is 2. The van der Waals surface area contributed by atoms with Gasteiger partial charge >= 0.3 is 0 Å². The summed E-state index contributed by atoms with van der Waals surface area (Å²) < 4.78 is 25.7. The van der Waals surface area contributed by atoms with Gasteiger partial charge < -0.3 is 10.6 Å². The highest BCUT2D eigenvalue weighted by atomic mass is 32.2. The summed E-state index contributed by atoms with van der Waals surface area (Å²) in [6.45, 7) is 7.37. The van der Waals surface area contributed by atoms with Gasteiger partial charge in [0.1, 0.15) is 6.54 Å². The fraction of sp³-hybridized carbons (Fsp3) is 0.364. The Balaban J connectivity index is 2.23. The summed E-state index contributed by atoms with van der Waals surface area (Å²) in [6, 6.07) is 13.6. The first-order chi connectivity index (χ1) is 14.0. The number of hydrogen-bond acceptors (Lipinski definition) is 4. The van der Waals surface area contributed by atoms with Crippen molar-refractivity contribution in [3.8, 4) is 0 Å². The number of hydrogen-bond donors (Lipinski definition) is 2. The van der Waals surface area contributed by atoms with Crippen LogP contribution in [0.15, 0.2) is 48.5 Å². The first-order valence-electron chi connectivity index (χ1n) is 9.76. The van der Waals surface area contributed by atoms with E-state index < -0.39 is 22.5 Å². The second-order valence-corrected chi connectivity index (χ2v) is 9.64. The third-order valence-corrected chi connectivity index (χ3v) is 5.54. The number of amides is 2. The molecule has 2 aromatic rings. The molecule has 0 unspecified atom stereocenters. The molecule has 2 rings (SSSR count). The quantitative estimate of drug-likeness (QED) is 0.670. The average Bonchev–Trinajstić information content (AvgIpc) is 2.65. The number of rotatable bonds is 8. The molecule has 162 valence electrons. The van der Waals surface area contributed by atoms with Gasteiger partial charge in [0.2, 0.25) is 15.9 Å². The number of nitrogens with zero attached hydrogens (tertiary/aromatic N) is 1. The van der Waals surface area contributed by atoms with Gasteiger partial charge in [-0.05, 0) is 49.6 Å². The molecule has 0 atom stereocenters. The van der Waals surface area contributed by atoms with Crippen LogP contribution in [-0.2, 0) is 14.8 Å². The van der Waals surface area contributed by atoms with Gasteiger partial charge in [0.25, 0.3) is 5.91 Å². The van der Waals surface area contributed by atoms with Crippen molar-refractivity contribution in [2.75, 3.05) is 22.4 Å². The van der Waals surface area contributed by atoms with Crippen LogP contribution in [-0.4, -0.2) is 39.1 Å². The number of para-hydroxylation sites is 1. The Morgan fingerprint density at radius 2 is 1.57 bits per heavy atom. The molecule has 8 heteroatoms. The Kier molecular flexibility index (Phi) is 7.61. The topological polar surface area (TPSA) is 95.6 Å². The second kappa shape index (κ2) is 9.75. The predicted octanol–water partition coefficient (Wildman–Crippen LogP) is 3.35. The smallest absolute Gasteiger partial charge is 0.253 e. The molecule has 7 nitrogen and oxygen atoms in total. The van der Waals surface area contributed by atoms with Crippen molar-refractivity contribution in [2.45, 2.75) is 39.7 Å². The van der Waals surface area contributed by atoms with Crippen molar-refractivity contribution in [2.24, 2.45) is 0 Å². The second-order valence-electron chi connectivity index (χ2n) is 7.74. The molecule has 0 saturated heterocycles. The summed E-state index contributed by atoms with van der Waals surface area (Å²) >= 11 is 0. The van der Waals surface area contributed by atoms with E-state index in [9.17, 15) is 18.0 Å². The van der Waals surface area contributed by atoms with E-state index in [-0.39, 0.29) is 11.9 Å². The Hall–Kier alpha value is -2.87. The summed E-state index contributed by atoms with van der Waals surface area (Å²) in [5, 5.41) is 5.44. The highest BCUT2D eigenvalue weighted by Gasteiger charge is 2.22. The molecule has 0 aliphatic heterocycles. The van der Waals surface area contributed by atoms with Crippen LogP contribution in [0.25, 0.3) is 0 Å². The highest BCUT2D eigenvalue weighted by Crippen LogP contribution is 2.22. The zero-order valence-electron chi connectivity index (χ0n) is 18.0. The molecule has 0 heterocycles. The molecular weight excluding hydrogens is 402 g/mol. The molecule has 0 radical (unpaired) electrons. The van der Waals surface area contributed by atoms with Gasteiger partial charge in [0.05, 0.1) is 23.2 Å². The van der Waals surface area contributed by atoms with Gasteiger partial charge in [-0.15, -0.1) is 0 Å². The van der Waals surface area contributed by atoms with Crippen LogP contribution in [0.3, 0.4) is 0 Å².